The molecule has 2 N–H and O–H groups in total. The lowest BCUT2D eigenvalue weighted by molar-refractivity contribution is -0.0488. The van der Waals surface area contributed by atoms with Gasteiger partial charge in [-0.05, 0) is 31.7 Å². The Hall–Kier alpha value is -2.82. The van der Waals surface area contributed by atoms with Crippen molar-refractivity contribution in [1.82, 2.24) is 9.88 Å². The summed E-state index contributed by atoms with van der Waals surface area (Å²) in [5.74, 6) is -3.56. The number of carboxylic acid groups (broad SMARTS) is 1. The lowest BCUT2D eigenvalue weighted by Crippen LogP contribution is -2.30. The summed E-state index contributed by atoms with van der Waals surface area (Å²) in [5.41, 5.74) is -2.01. The SMILES string of the molecule is O=C(O)c1cn(C2CC2)c2c(OC(F)F)c(N3C[C@@H](CNC4CC4)[C@H](F)C3)c(F)cc2c1=O. The summed E-state index contributed by atoms with van der Waals surface area (Å²) in [6, 6.07) is 0.977. The van der Waals surface area contributed by atoms with Gasteiger partial charge in [-0.2, -0.15) is 8.78 Å². The number of anilines is 1. The number of nitrogens with one attached hydrogen (secondary N) is 1. The van der Waals surface area contributed by atoms with E-state index in [0.29, 0.717) is 25.4 Å². The quantitative estimate of drug-likeness (QED) is 0.578. The van der Waals surface area contributed by atoms with Gasteiger partial charge in [0.2, 0.25) is 5.43 Å². The Morgan fingerprint density at radius 2 is 1.97 bits per heavy atom. The number of nitrogens with zero attached hydrogens (tertiary/aromatic N) is 2. The van der Waals surface area contributed by atoms with Gasteiger partial charge in [0.15, 0.2) is 11.6 Å². The zero-order valence-corrected chi connectivity index (χ0v) is 17.6. The van der Waals surface area contributed by atoms with E-state index in [4.69, 9.17) is 4.74 Å². The number of aromatic carboxylic acids is 1. The molecule has 0 radical (unpaired) electrons. The molecule has 0 bridgehead atoms. The first-order valence-electron chi connectivity index (χ1n) is 11.0. The highest BCUT2D eigenvalue weighted by molar-refractivity contribution is 5.97. The van der Waals surface area contributed by atoms with E-state index >= 15 is 4.39 Å². The summed E-state index contributed by atoms with van der Waals surface area (Å²) in [6.07, 6.45) is 3.12. The van der Waals surface area contributed by atoms with Crippen LogP contribution in [0.1, 0.15) is 42.1 Å². The second-order valence-corrected chi connectivity index (χ2v) is 8.99. The molecule has 2 heterocycles. The van der Waals surface area contributed by atoms with E-state index < -0.39 is 47.2 Å². The smallest absolute Gasteiger partial charge is 0.387 e. The van der Waals surface area contributed by atoms with Gasteiger partial charge in [0.1, 0.15) is 17.4 Å². The van der Waals surface area contributed by atoms with E-state index in [1.807, 2.05) is 0 Å². The molecule has 33 heavy (non-hydrogen) atoms. The molecule has 0 spiro atoms. The van der Waals surface area contributed by atoms with Gasteiger partial charge in [0, 0.05) is 43.8 Å². The minimum Gasteiger partial charge on any atom is -0.477 e. The number of halogens is 4. The molecule has 5 rings (SSSR count). The van der Waals surface area contributed by atoms with Gasteiger partial charge < -0.3 is 24.6 Å². The normalized spacial score (nSPS) is 23.0. The minimum atomic E-state index is -3.33. The highest BCUT2D eigenvalue weighted by atomic mass is 19.3. The van der Waals surface area contributed by atoms with E-state index in [9.17, 15) is 27.9 Å². The number of carboxylic acids is 1. The highest BCUT2D eigenvalue weighted by Gasteiger charge is 2.38. The first-order valence-corrected chi connectivity index (χ1v) is 11.0. The van der Waals surface area contributed by atoms with Crippen molar-refractivity contribution >= 4 is 22.6 Å². The van der Waals surface area contributed by atoms with Crippen molar-refractivity contribution in [3.8, 4) is 5.75 Å². The largest absolute Gasteiger partial charge is 0.477 e. The van der Waals surface area contributed by atoms with Crippen molar-refractivity contribution < 1.29 is 32.2 Å². The average Bonchev–Trinajstić information content (AvgIpc) is 3.65. The second kappa shape index (κ2) is 8.19. The van der Waals surface area contributed by atoms with E-state index in [-0.39, 0.29) is 35.7 Å². The van der Waals surface area contributed by atoms with E-state index in [1.54, 1.807) is 0 Å². The van der Waals surface area contributed by atoms with Gasteiger partial charge in [-0.25, -0.2) is 13.6 Å². The molecule has 2 aromatic rings. The first-order chi connectivity index (χ1) is 15.7. The van der Waals surface area contributed by atoms with Crippen LogP contribution in [0.25, 0.3) is 10.9 Å². The zero-order valence-electron chi connectivity index (χ0n) is 17.6. The summed E-state index contributed by atoms with van der Waals surface area (Å²) in [5, 5.41) is 12.3. The summed E-state index contributed by atoms with van der Waals surface area (Å²) >= 11 is 0. The third-order valence-corrected chi connectivity index (χ3v) is 6.50. The van der Waals surface area contributed by atoms with Crippen LogP contribution in [0.5, 0.6) is 5.75 Å². The predicted octanol–water partition coefficient (Wildman–Crippen LogP) is 3.30. The molecule has 7 nitrogen and oxygen atoms in total. The van der Waals surface area contributed by atoms with Gasteiger partial charge in [0.25, 0.3) is 0 Å². The molecule has 2 saturated carbocycles. The highest BCUT2D eigenvalue weighted by Crippen LogP contribution is 2.45. The lowest BCUT2D eigenvalue weighted by atomic mass is 10.1. The zero-order chi connectivity index (χ0) is 23.4. The Morgan fingerprint density at radius 3 is 2.58 bits per heavy atom. The molecule has 1 aromatic carbocycles. The molecule has 0 amide bonds. The fourth-order valence-corrected chi connectivity index (χ4v) is 4.54. The third kappa shape index (κ3) is 4.14. The Bertz CT molecular complexity index is 1160. The van der Waals surface area contributed by atoms with Gasteiger partial charge in [-0.3, -0.25) is 4.79 Å². The summed E-state index contributed by atoms with van der Waals surface area (Å²) < 4.78 is 63.1. The van der Waals surface area contributed by atoms with Crippen molar-refractivity contribution in [3.63, 3.8) is 0 Å². The fourth-order valence-electron chi connectivity index (χ4n) is 4.54. The number of aromatic nitrogens is 1. The molecule has 0 unspecified atom stereocenters. The van der Waals surface area contributed by atoms with Crippen LogP contribution in [0.4, 0.5) is 23.2 Å². The van der Waals surface area contributed by atoms with Crippen molar-refractivity contribution in [3.05, 3.63) is 33.9 Å². The molecule has 2 aliphatic carbocycles. The number of alkyl halides is 3. The fraction of sp³-hybridized carbons (Fsp3) is 0.545. The van der Waals surface area contributed by atoms with Crippen molar-refractivity contribution in [2.45, 2.75) is 50.6 Å². The topological polar surface area (TPSA) is 83.8 Å². The summed E-state index contributed by atoms with van der Waals surface area (Å²) in [6.45, 7) is -3.06. The minimum absolute atomic E-state index is 0.0871. The second-order valence-electron chi connectivity index (χ2n) is 8.99. The number of benzene rings is 1. The Labute approximate surface area is 185 Å². The van der Waals surface area contributed by atoms with Crippen LogP contribution >= 0.6 is 0 Å². The molecule has 178 valence electrons. The van der Waals surface area contributed by atoms with Gasteiger partial charge >= 0.3 is 12.6 Å². The Balaban J connectivity index is 1.65. The maximum absolute atomic E-state index is 15.3. The first kappa shape index (κ1) is 22.0. The van der Waals surface area contributed by atoms with E-state index in [1.165, 1.54) is 9.47 Å². The number of rotatable bonds is 8. The lowest BCUT2D eigenvalue weighted by Gasteiger charge is -2.25. The molecule has 1 aromatic heterocycles. The van der Waals surface area contributed by atoms with Gasteiger partial charge in [-0.1, -0.05) is 0 Å². The predicted molar refractivity (Wildman–Crippen MR) is 112 cm³/mol. The molecule has 2 atom stereocenters. The van der Waals surface area contributed by atoms with Crippen molar-refractivity contribution in [2.75, 3.05) is 24.5 Å². The van der Waals surface area contributed by atoms with Crippen LogP contribution in [0.15, 0.2) is 17.1 Å². The number of pyridine rings is 1. The standard InChI is InChI=1S/C22H23F4N3O4/c23-15-5-13-17(29(12-3-4-12)8-14(19(13)30)21(31)32)20(33-22(25)26)18(15)28-7-10(16(24)9-28)6-27-11-1-2-11/h5,8,10-12,16,22,27H,1-4,6-7,9H2,(H,31,32)/t10-,16-/m1/s1. The van der Waals surface area contributed by atoms with Crippen LogP contribution in [-0.2, 0) is 0 Å². The monoisotopic (exact) mass is 469 g/mol. The van der Waals surface area contributed by atoms with Crippen LogP contribution in [0.3, 0.4) is 0 Å². The van der Waals surface area contributed by atoms with Crippen LogP contribution < -0.4 is 20.4 Å². The van der Waals surface area contributed by atoms with Crippen LogP contribution in [-0.4, -0.2) is 54.1 Å². The van der Waals surface area contributed by atoms with Crippen molar-refractivity contribution in [1.29, 1.82) is 0 Å². The summed E-state index contributed by atoms with van der Waals surface area (Å²) in [4.78, 5) is 25.7. The molecule has 3 fully saturated rings. The van der Waals surface area contributed by atoms with Crippen LogP contribution in [0, 0.1) is 11.7 Å². The summed E-state index contributed by atoms with van der Waals surface area (Å²) in [7, 11) is 0. The Kier molecular flexibility index (Phi) is 5.46. The number of hydrogen-bond acceptors (Lipinski definition) is 5. The molecule has 1 aliphatic heterocycles. The average molecular weight is 469 g/mol. The molecule has 1 saturated heterocycles. The number of hydrogen-bond donors (Lipinski definition) is 2. The molecule has 11 heteroatoms. The third-order valence-electron chi connectivity index (χ3n) is 6.50. The van der Waals surface area contributed by atoms with Gasteiger partial charge in [-0.15, -0.1) is 0 Å². The molecule has 3 aliphatic rings. The van der Waals surface area contributed by atoms with Gasteiger partial charge in [0.05, 0.1) is 10.9 Å². The van der Waals surface area contributed by atoms with Crippen molar-refractivity contribution in [2.24, 2.45) is 5.92 Å². The van der Waals surface area contributed by atoms with E-state index in [0.717, 1.165) is 25.1 Å². The maximum atomic E-state index is 15.3. The molecular weight excluding hydrogens is 446 g/mol. The van der Waals surface area contributed by atoms with E-state index in [2.05, 4.69) is 5.32 Å². The number of carbonyl (C=O) groups is 1. The number of ether oxygens (including phenoxy) is 1. The number of fused-ring (bicyclic) bond motifs is 1. The molecular formula is C22H23F4N3O4. The van der Waals surface area contributed by atoms with Crippen LogP contribution in [0.2, 0.25) is 0 Å². The Morgan fingerprint density at radius 1 is 1.24 bits per heavy atom. The maximum Gasteiger partial charge on any atom is 0.387 e.